The van der Waals surface area contributed by atoms with E-state index in [-0.39, 0.29) is 6.10 Å². The van der Waals surface area contributed by atoms with Gasteiger partial charge in [0.1, 0.15) is 5.82 Å². The van der Waals surface area contributed by atoms with Crippen LogP contribution in [-0.2, 0) is 0 Å². The Labute approximate surface area is 79.0 Å². The molecule has 72 valence electrons. The summed E-state index contributed by atoms with van der Waals surface area (Å²) < 4.78 is 0. The van der Waals surface area contributed by atoms with Crippen molar-refractivity contribution in [1.29, 1.82) is 0 Å². The largest absolute Gasteiger partial charge is 0.392 e. The van der Waals surface area contributed by atoms with Crippen LogP contribution in [0.2, 0.25) is 0 Å². The molecule has 0 bridgehead atoms. The fraction of sp³-hybridized carbons (Fsp3) is 0.500. The fourth-order valence-electron chi connectivity index (χ4n) is 1.22. The van der Waals surface area contributed by atoms with Crippen LogP contribution in [0.1, 0.15) is 12.5 Å². The number of aliphatic hydroxyl groups is 1. The van der Waals surface area contributed by atoms with E-state index in [0.29, 0.717) is 6.54 Å². The molecule has 0 amide bonds. The first kappa shape index (κ1) is 9.99. The maximum atomic E-state index is 9.18. The van der Waals surface area contributed by atoms with E-state index in [1.54, 1.807) is 13.1 Å². The zero-order valence-corrected chi connectivity index (χ0v) is 8.36. The molecule has 0 spiro atoms. The molecule has 1 aromatic rings. The molecular weight excluding hydrogens is 164 g/mol. The average Bonchev–Trinajstić information content (AvgIpc) is 2.03. The number of anilines is 1. The molecule has 0 saturated carbocycles. The summed E-state index contributed by atoms with van der Waals surface area (Å²) in [6, 6.07) is 3.96. The molecule has 0 fully saturated rings. The van der Waals surface area contributed by atoms with E-state index >= 15 is 0 Å². The summed E-state index contributed by atoms with van der Waals surface area (Å²) in [6.07, 6.45) is 1.45. The highest BCUT2D eigenvalue weighted by Crippen LogP contribution is 2.10. The summed E-state index contributed by atoms with van der Waals surface area (Å²) in [4.78, 5) is 6.15. The molecule has 1 N–H and O–H groups in total. The molecule has 0 aliphatic rings. The molecule has 1 unspecified atom stereocenters. The van der Waals surface area contributed by atoms with E-state index in [2.05, 4.69) is 4.98 Å². The molecule has 13 heavy (non-hydrogen) atoms. The van der Waals surface area contributed by atoms with Crippen molar-refractivity contribution >= 4 is 5.82 Å². The quantitative estimate of drug-likeness (QED) is 0.759. The summed E-state index contributed by atoms with van der Waals surface area (Å²) in [7, 11) is 1.93. The smallest absolute Gasteiger partial charge is 0.128 e. The lowest BCUT2D eigenvalue weighted by Crippen LogP contribution is -2.27. The van der Waals surface area contributed by atoms with Gasteiger partial charge in [-0.05, 0) is 31.5 Å². The summed E-state index contributed by atoms with van der Waals surface area (Å²) in [5, 5.41) is 9.18. The number of aromatic nitrogens is 1. The van der Waals surface area contributed by atoms with Crippen molar-refractivity contribution in [1.82, 2.24) is 4.98 Å². The molecule has 0 saturated heterocycles. The number of rotatable bonds is 3. The first-order valence-corrected chi connectivity index (χ1v) is 4.41. The van der Waals surface area contributed by atoms with Crippen LogP contribution in [0.4, 0.5) is 5.82 Å². The number of hydrogen-bond donors (Lipinski definition) is 1. The molecule has 1 aromatic heterocycles. The predicted molar refractivity (Wildman–Crippen MR) is 53.9 cm³/mol. The van der Waals surface area contributed by atoms with Gasteiger partial charge >= 0.3 is 0 Å². The zero-order valence-electron chi connectivity index (χ0n) is 8.36. The van der Waals surface area contributed by atoms with Gasteiger partial charge in [0.2, 0.25) is 0 Å². The van der Waals surface area contributed by atoms with Crippen molar-refractivity contribution in [2.75, 3.05) is 18.5 Å². The minimum Gasteiger partial charge on any atom is -0.392 e. The number of nitrogens with zero attached hydrogens (tertiary/aromatic N) is 2. The molecule has 1 atom stereocenters. The second-order valence-electron chi connectivity index (χ2n) is 3.42. The van der Waals surface area contributed by atoms with Gasteiger partial charge in [0.15, 0.2) is 0 Å². The van der Waals surface area contributed by atoms with Crippen LogP contribution in [0.3, 0.4) is 0 Å². The van der Waals surface area contributed by atoms with E-state index < -0.39 is 0 Å². The number of pyridine rings is 1. The third-order valence-electron chi connectivity index (χ3n) is 1.83. The molecule has 1 heterocycles. The molecule has 0 aliphatic heterocycles. The first-order chi connectivity index (χ1) is 6.09. The summed E-state index contributed by atoms with van der Waals surface area (Å²) >= 11 is 0. The molecule has 3 heteroatoms. The summed E-state index contributed by atoms with van der Waals surface area (Å²) in [5.41, 5.74) is 1.18. The third-order valence-corrected chi connectivity index (χ3v) is 1.83. The number of aryl methyl sites for hydroxylation is 1. The Kier molecular flexibility index (Phi) is 3.25. The van der Waals surface area contributed by atoms with Gasteiger partial charge in [-0.2, -0.15) is 0 Å². The Morgan fingerprint density at radius 2 is 2.31 bits per heavy atom. The Morgan fingerprint density at radius 3 is 2.85 bits per heavy atom. The predicted octanol–water partition coefficient (Wildman–Crippen LogP) is 1.21. The molecule has 1 rings (SSSR count). The van der Waals surface area contributed by atoms with Gasteiger partial charge in [-0.3, -0.25) is 0 Å². The number of aliphatic hydroxyl groups excluding tert-OH is 1. The standard InChI is InChI=1S/C10H16N2O/c1-8-4-5-11-10(6-8)12(3)7-9(2)13/h4-6,9,13H,7H2,1-3H3. The van der Waals surface area contributed by atoms with Gasteiger partial charge in [0.05, 0.1) is 6.10 Å². The Balaban J connectivity index is 2.71. The van der Waals surface area contributed by atoms with E-state index in [1.165, 1.54) is 5.56 Å². The number of hydrogen-bond acceptors (Lipinski definition) is 3. The van der Waals surface area contributed by atoms with Crippen LogP contribution >= 0.6 is 0 Å². The van der Waals surface area contributed by atoms with Crippen LogP contribution in [0.5, 0.6) is 0 Å². The van der Waals surface area contributed by atoms with Crippen LogP contribution in [0.25, 0.3) is 0 Å². The summed E-state index contributed by atoms with van der Waals surface area (Å²) in [5.74, 6) is 0.904. The zero-order chi connectivity index (χ0) is 9.84. The van der Waals surface area contributed by atoms with Crippen molar-refractivity contribution < 1.29 is 5.11 Å². The highest BCUT2D eigenvalue weighted by atomic mass is 16.3. The van der Waals surface area contributed by atoms with Gasteiger partial charge in [-0.25, -0.2) is 4.98 Å². The third kappa shape index (κ3) is 3.03. The molecule has 3 nitrogen and oxygen atoms in total. The SMILES string of the molecule is Cc1ccnc(N(C)CC(C)O)c1. The van der Waals surface area contributed by atoms with Crippen LogP contribution in [0, 0.1) is 6.92 Å². The Bertz CT molecular complexity index is 273. The molecule has 0 aromatic carbocycles. The summed E-state index contributed by atoms with van der Waals surface area (Å²) in [6.45, 7) is 4.41. The Morgan fingerprint density at radius 1 is 1.62 bits per heavy atom. The number of likely N-dealkylation sites (N-methyl/N-ethyl adjacent to an activating group) is 1. The van der Waals surface area contributed by atoms with E-state index in [4.69, 9.17) is 0 Å². The highest BCUT2D eigenvalue weighted by molar-refractivity contribution is 5.39. The van der Waals surface area contributed by atoms with Crippen molar-refractivity contribution in [2.24, 2.45) is 0 Å². The van der Waals surface area contributed by atoms with Gasteiger partial charge in [0.25, 0.3) is 0 Å². The maximum absolute atomic E-state index is 9.18. The van der Waals surface area contributed by atoms with Crippen LogP contribution < -0.4 is 4.90 Å². The van der Waals surface area contributed by atoms with Crippen molar-refractivity contribution in [3.05, 3.63) is 23.9 Å². The maximum Gasteiger partial charge on any atom is 0.128 e. The van der Waals surface area contributed by atoms with Gasteiger partial charge in [0, 0.05) is 19.8 Å². The van der Waals surface area contributed by atoms with Crippen molar-refractivity contribution in [3.63, 3.8) is 0 Å². The minimum atomic E-state index is -0.327. The van der Waals surface area contributed by atoms with Gasteiger partial charge in [-0.1, -0.05) is 0 Å². The molecule has 0 radical (unpaired) electrons. The lowest BCUT2D eigenvalue weighted by atomic mass is 10.3. The first-order valence-electron chi connectivity index (χ1n) is 4.41. The van der Waals surface area contributed by atoms with E-state index in [9.17, 15) is 5.11 Å². The van der Waals surface area contributed by atoms with Crippen LogP contribution in [-0.4, -0.2) is 29.8 Å². The monoisotopic (exact) mass is 180 g/mol. The fourth-order valence-corrected chi connectivity index (χ4v) is 1.22. The van der Waals surface area contributed by atoms with E-state index in [0.717, 1.165) is 5.82 Å². The average molecular weight is 180 g/mol. The Hall–Kier alpha value is -1.09. The molecule has 0 aliphatic carbocycles. The lowest BCUT2D eigenvalue weighted by molar-refractivity contribution is 0.201. The van der Waals surface area contributed by atoms with Crippen molar-refractivity contribution in [3.8, 4) is 0 Å². The second kappa shape index (κ2) is 4.23. The molecular formula is C10H16N2O. The highest BCUT2D eigenvalue weighted by Gasteiger charge is 2.04. The van der Waals surface area contributed by atoms with Gasteiger partial charge < -0.3 is 10.0 Å². The lowest BCUT2D eigenvalue weighted by Gasteiger charge is -2.19. The van der Waals surface area contributed by atoms with Crippen LogP contribution in [0.15, 0.2) is 18.3 Å². The normalized spacial score (nSPS) is 12.6. The van der Waals surface area contributed by atoms with Crippen molar-refractivity contribution in [2.45, 2.75) is 20.0 Å². The topological polar surface area (TPSA) is 36.4 Å². The second-order valence-corrected chi connectivity index (χ2v) is 3.42. The minimum absolute atomic E-state index is 0.327. The van der Waals surface area contributed by atoms with Gasteiger partial charge in [-0.15, -0.1) is 0 Å². The van der Waals surface area contributed by atoms with E-state index in [1.807, 2.05) is 31.0 Å².